The van der Waals surface area contributed by atoms with Crippen LogP contribution in [-0.2, 0) is 11.3 Å². The molecule has 1 aromatic heterocycles. The summed E-state index contributed by atoms with van der Waals surface area (Å²) in [5.74, 6) is -0.429. The highest BCUT2D eigenvalue weighted by Crippen LogP contribution is 2.27. The lowest BCUT2D eigenvalue weighted by Gasteiger charge is -2.13. The highest BCUT2D eigenvalue weighted by atomic mass is 19.3. The lowest BCUT2D eigenvalue weighted by Crippen LogP contribution is -2.09. The van der Waals surface area contributed by atoms with Crippen LogP contribution in [0.2, 0.25) is 0 Å². The molecule has 0 radical (unpaired) electrons. The lowest BCUT2D eigenvalue weighted by molar-refractivity contribution is -0.0498. The summed E-state index contributed by atoms with van der Waals surface area (Å²) in [6.07, 6.45) is 0. The number of carbonyl (C=O) groups excluding carboxylic acids is 1. The second-order valence-electron chi connectivity index (χ2n) is 6.93. The Hall–Kier alpha value is -3.22. The number of rotatable bonds is 6. The SMILES string of the molecule is Cc1cc2oc(=O)cc(COC(=O)c3ccc(OC(F)F)cc3)c2cc1C(C)C. The third kappa shape index (κ3) is 4.80. The van der Waals surface area contributed by atoms with Gasteiger partial charge in [0, 0.05) is 17.0 Å². The highest BCUT2D eigenvalue weighted by Gasteiger charge is 2.14. The zero-order valence-corrected chi connectivity index (χ0v) is 16.2. The van der Waals surface area contributed by atoms with Gasteiger partial charge < -0.3 is 13.9 Å². The molecule has 3 aromatic rings. The smallest absolute Gasteiger partial charge is 0.387 e. The van der Waals surface area contributed by atoms with Crippen molar-refractivity contribution in [3.8, 4) is 5.75 Å². The summed E-state index contributed by atoms with van der Waals surface area (Å²) in [4.78, 5) is 24.2. The maximum absolute atomic E-state index is 12.3. The minimum absolute atomic E-state index is 0.0557. The Bertz CT molecular complexity index is 1080. The van der Waals surface area contributed by atoms with Gasteiger partial charge in [-0.15, -0.1) is 0 Å². The quantitative estimate of drug-likeness (QED) is 0.420. The molecule has 0 spiro atoms. The van der Waals surface area contributed by atoms with Crippen molar-refractivity contribution in [2.24, 2.45) is 0 Å². The van der Waals surface area contributed by atoms with E-state index < -0.39 is 18.2 Å². The number of aryl methyl sites for hydroxylation is 1. The number of hydrogen-bond donors (Lipinski definition) is 0. The van der Waals surface area contributed by atoms with E-state index in [1.807, 2.05) is 13.0 Å². The highest BCUT2D eigenvalue weighted by molar-refractivity contribution is 5.90. The number of benzene rings is 2. The fraction of sp³-hybridized carbons (Fsp3) is 0.273. The summed E-state index contributed by atoms with van der Waals surface area (Å²) in [7, 11) is 0. The first-order valence-corrected chi connectivity index (χ1v) is 9.04. The first-order chi connectivity index (χ1) is 13.7. The molecule has 0 fully saturated rings. The molecule has 3 rings (SSSR count). The molecule has 5 nitrogen and oxygen atoms in total. The van der Waals surface area contributed by atoms with Crippen molar-refractivity contribution in [2.75, 3.05) is 0 Å². The van der Waals surface area contributed by atoms with E-state index in [1.54, 1.807) is 6.07 Å². The largest absolute Gasteiger partial charge is 0.457 e. The first-order valence-electron chi connectivity index (χ1n) is 9.04. The fourth-order valence-corrected chi connectivity index (χ4v) is 3.13. The zero-order valence-electron chi connectivity index (χ0n) is 16.2. The van der Waals surface area contributed by atoms with Gasteiger partial charge in [0.2, 0.25) is 0 Å². The number of fused-ring (bicyclic) bond motifs is 1. The summed E-state index contributed by atoms with van der Waals surface area (Å²) in [5, 5.41) is 0.701. The van der Waals surface area contributed by atoms with Crippen molar-refractivity contribution in [3.05, 3.63) is 75.1 Å². The number of halogens is 2. The molecule has 0 aliphatic rings. The molecule has 0 N–H and O–H groups in total. The van der Waals surface area contributed by atoms with Gasteiger partial charge in [-0.1, -0.05) is 13.8 Å². The summed E-state index contributed by atoms with van der Waals surface area (Å²) in [6.45, 7) is 3.01. The Balaban J connectivity index is 1.83. The molecule has 0 aliphatic heterocycles. The second kappa shape index (κ2) is 8.43. The van der Waals surface area contributed by atoms with Crippen LogP contribution in [0, 0.1) is 6.92 Å². The molecule has 0 bridgehead atoms. The van der Waals surface area contributed by atoms with Crippen LogP contribution in [0.5, 0.6) is 5.75 Å². The number of alkyl halides is 2. The molecule has 0 atom stereocenters. The van der Waals surface area contributed by atoms with Gasteiger partial charge in [0.1, 0.15) is 17.9 Å². The second-order valence-corrected chi connectivity index (χ2v) is 6.93. The summed E-state index contributed by atoms with van der Waals surface area (Å²) in [6, 6.07) is 10.2. The Kier molecular flexibility index (Phi) is 5.96. The maximum atomic E-state index is 12.3. The van der Waals surface area contributed by atoms with Crippen molar-refractivity contribution in [2.45, 2.75) is 39.9 Å². The van der Waals surface area contributed by atoms with Crippen molar-refractivity contribution in [1.29, 1.82) is 0 Å². The van der Waals surface area contributed by atoms with Crippen LogP contribution >= 0.6 is 0 Å². The minimum atomic E-state index is -2.94. The molecule has 0 aliphatic carbocycles. The molecule has 0 unspecified atom stereocenters. The molecule has 2 aromatic carbocycles. The van der Waals surface area contributed by atoms with Crippen molar-refractivity contribution in [3.63, 3.8) is 0 Å². The van der Waals surface area contributed by atoms with Crippen molar-refractivity contribution >= 4 is 16.9 Å². The average Bonchev–Trinajstić information content (AvgIpc) is 2.65. The number of ether oxygens (including phenoxy) is 2. The maximum Gasteiger partial charge on any atom is 0.387 e. The van der Waals surface area contributed by atoms with E-state index in [4.69, 9.17) is 9.15 Å². The Morgan fingerprint density at radius 3 is 2.41 bits per heavy atom. The normalized spacial score (nSPS) is 11.3. The van der Waals surface area contributed by atoms with Gasteiger partial charge in [0.05, 0.1) is 5.56 Å². The van der Waals surface area contributed by atoms with Crippen LogP contribution in [0.3, 0.4) is 0 Å². The molecule has 152 valence electrons. The summed E-state index contributed by atoms with van der Waals surface area (Å²) < 4.78 is 39.3. The average molecular weight is 402 g/mol. The van der Waals surface area contributed by atoms with E-state index in [0.29, 0.717) is 16.5 Å². The van der Waals surface area contributed by atoms with Gasteiger partial charge in [-0.3, -0.25) is 0 Å². The van der Waals surface area contributed by atoms with Crippen molar-refractivity contribution < 1.29 is 27.5 Å². The number of hydrogen-bond acceptors (Lipinski definition) is 5. The van der Waals surface area contributed by atoms with Crippen molar-refractivity contribution in [1.82, 2.24) is 0 Å². The van der Waals surface area contributed by atoms with E-state index in [2.05, 4.69) is 18.6 Å². The van der Waals surface area contributed by atoms with Gasteiger partial charge in [-0.25, -0.2) is 9.59 Å². The standard InChI is InChI=1S/C22H20F2O5/c1-12(2)17-10-18-15(9-20(25)29-19(18)8-13(17)3)11-27-21(26)14-4-6-16(7-5-14)28-22(23)24/h4-10,12,22H,11H2,1-3H3. The zero-order chi connectivity index (χ0) is 21.1. The molecule has 29 heavy (non-hydrogen) atoms. The lowest BCUT2D eigenvalue weighted by atomic mass is 9.95. The van der Waals surface area contributed by atoms with E-state index >= 15 is 0 Å². The number of carbonyl (C=O) groups is 1. The van der Waals surface area contributed by atoms with Crippen LogP contribution in [0.4, 0.5) is 8.78 Å². The fourth-order valence-electron chi connectivity index (χ4n) is 3.13. The molecule has 7 heteroatoms. The molecule has 0 saturated carbocycles. The third-order valence-corrected chi connectivity index (χ3v) is 4.51. The Labute approximate surface area is 165 Å². The monoisotopic (exact) mass is 402 g/mol. The van der Waals surface area contributed by atoms with E-state index in [1.165, 1.54) is 30.3 Å². The molecule has 0 amide bonds. The molecule has 1 heterocycles. The summed E-state index contributed by atoms with van der Waals surface area (Å²) >= 11 is 0. The van der Waals surface area contributed by atoms with Crippen LogP contribution in [0.25, 0.3) is 11.0 Å². The van der Waals surface area contributed by atoms with Gasteiger partial charge in [0.25, 0.3) is 0 Å². The third-order valence-electron chi connectivity index (χ3n) is 4.51. The molecular formula is C22H20F2O5. The van der Waals surface area contributed by atoms with E-state index in [-0.39, 0.29) is 23.8 Å². The molecule has 0 saturated heterocycles. The predicted octanol–water partition coefficient (Wildman–Crippen LogP) is 5.18. The van der Waals surface area contributed by atoms with Gasteiger partial charge in [-0.05, 0) is 60.4 Å². The molecular weight excluding hydrogens is 382 g/mol. The summed E-state index contributed by atoms with van der Waals surface area (Å²) in [5.41, 5.74) is 2.72. The van der Waals surface area contributed by atoms with Crippen LogP contribution < -0.4 is 10.4 Å². The Morgan fingerprint density at radius 1 is 1.10 bits per heavy atom. The first kappa shape index (κ1) is 20.5. The van der Waals surface area contributed by atoms with Gasteiger partial charge in [-0.2, -0.15) is 8.78 Å². The Morgan fingerprint density at radius 2 is 1.79 bits per heavy atom. The van der Waals surface area contributed by atoms with Crippen LogP contribution in [-0.4, -0.2) is 12.6 Å². The van der Waals surface area contributed by atoms with Crippen LogP contribution in [0.15, 0.2) is 51.7 Å². The van der Waals surface area contributed by atoms with Gasteiger partial charge >= 0.3 is 18.2 Å². The predicted molar refractivity (Wildman–Crippen MR) is 104 cm³/mol. The van der Waals surface area contributed by atoms with E-state index in [9.17, 15) is 18.4 Å². The van der Waals surface area contributed by atoms with E-state index in [0.717, 1.165) is 11.1 Å². The van der Waals surface area contributed by atoms with Crippen LogP contribution in [0.1, 0.15) is 46.8 Å². The topological polar surface area (TPSA) is 65.7 Å². The van der Waals surface area contributed by atoms with Gasteiger partial charge in [0.15, 0.2) is 0 Å². The number of esters is 1. The minimum Gasteiger partial charge on any atom is -0.457 e.